The summed E-state index contributed by atoms with van der Waals surface area (Å²) < 4.78 is 13.0. The maximum absolute atomic E-state index is 13.0. The molecule has 1 aromatic heterocycles. The van der Waals surface area contributed by atoms with Crippen LogP contribution in [0.5, 0.6) is 0 Å². The molecule has 0 unspecified atom stereocenters. The number of urea groups is 1. The van der Waals surface area contributed by atoms with E-state index in [0.29, 0.717) is 31.3 Å². The lowest BCUT2D eigenvalue weighted by molar-refractivity contribution is -0.117. The van der Waals surface area contributed by atoms with Gasteiger partial charge in [-0.2, -0.15) is 0 Å². The number of halogens is 1. The van der Waals surface area contributed by atoms with Crippen molar-refractivity contribution >= 4 is 34.1 Å². The first-order valence-corrected chi connectivity index (χ1v) is 9.41. The van der Waals surface area contributed by atoms with Gasteiger partial charge < -0.3 is 15.1 Å². The molecule has 144 valence electrons. The number of amides is 3. The zero-order valence-corrected chi connectivity index (χ0v) is 15.9. The van der Waals surface area contributed by atoms with Crippen LogP contribution in [0.3, 0.4) is 0 Å². The van der Waals surface area contributed by atoms with Crippen LogP contribution in [-0.2, 0) is 4.79 Å². The van der Waals surface area contributed by atoms with Crippen molar-refractivity contribution in [2.24, 2.45) is 0 Å². The van der Waals surface area contributed by atoms with Crippen molar-refractivity contribution < 1.29 is 14.0 Å². The fraction of sp³-hybridized carbons (Fsp3) is 0.412. The van der Waals surface area contributed by atoms with E-state index < -0.39 is 6.04 Å². The Bertz CT molecular complexity index is 804. The van der Waals surface area contributed by atoms with Crippen molar-refractivity contribution in [1.29, 1.82) is 0 Å². The van der Waals surface area contributed by atoms with E-state index in [2.05, 4.69) is 25.7 Å². The predicted molar refractivity (Wildman–Crippen MR) is 101 cm³/mol. The van der Waals surface area contributed by atoms with Gasteiger partial charge in [-0.1, -0.05) is 11.3 Å². The normalized spacial score (nSPS) is 15.4. The Labute approximate surface area is 160 Å². The van der Waals surface area contributed by atoms with Gasteiger partial charge >= 0.3 is 6.03 Å². The molecule has 0 radical (unpaired) electrons. The third-order valence-electron chi connectivity index (χ3n) is 4.25. The lowest BCUT2D eigenvalue weighted by atomic mass is 10.2. The summed E-state index contributed by atoms with van der Waals surface area (Å²) in [5.41, 5.74) is 0.927. The van der Waals surface area contributed by atoms with Gasteiger partial charge in [0.25, 0.3) is 0 Å². The molecule has 3 rings (SSSR count). The van der Waals surface area contributed by atoms with Crippen molar-refractivity contribution in [3.8, 4) is 0 Å². The maximum atomic E-state index is 13.0. The predicted octanol–water partition coefficient (Wildman–Crippen LogP) is 1.84. The number of carbonyl (C=O) groups is 2. The minimum atomic E-state index is -0.697. The number of hydrogen-bond donors (Lipinski definition) is 2. The Morgan fingerprint density at radius 2 is 1.81 bits per heavy atom. The highest BCUT2D eigenvalue weighted by atomic mass is 32.1. The quantitative estimate of drug-likeness (QED) is 0.829. The van der Waals surface area contributed by atoms with Crippen LogP contribution in [0.25, 0.3) is 0 Å². The Balaban J connectivity index is 1.47. The standard InChI is InChI=1S/C17H21FN6O2S/c1-11(15(25)20-16-22-21-12(2)27-16)19-17(26)24-9-7-23(8-10-24)14-5-3-13(18)4-6-14/h3-6,11H,7-10H2,1-2H3,(H,19,26)(H,20,22,25)/t11-/m1/s1. The van der Waals surface area contributed by atoms with Crippen LogP contribution in [0.4, 0.5) is 20.0 Å². The number of nitrogens with one attached hydrogen (secondary N) is 2. The number of anilines is 2. The molecular formula is C17H21FN6O2S. The van der Waals surface area contributed by atoms with Crippen molar-refractivity contribution in [2.75, 3.05) is 36.4 Å². The number of aromatic nitrogens is 2. The molecule has 0 saturated carbocycles. The van der Waals surface area contributed by atoms with Gasteiger partial charge in [0.2, 0.25) is 11.0 Å². The Morgan fingerprint density at radius 3 is 2.41 bits per heavy atom. The van der Waals surface area contributed by atoms with Crippen molar-refractivity contribution in [1.82, 2.24) is 20.4 Å². The smallest absolute Gasteiger partial charge is 0.318 e. The third-order valence-corrected chi connectivity index (χ3v) is 5.00. The van der Waals surface area contributed by atoms with Crippen molar-refractivity contribution in [2.45, 2.75) is 19.9 Å². The number of hydrogen-bond acceptors (Lipinski definition) is 6. The molecule has 1 aliphatic rings. The third kappa shape index (κ3) is 4.91. The second-order valence-corrected chi connectivity index (χ2v) is 7.42. The van der Waals surface area contributed by atoms with Crippen LogP contribution in [0.15, 0.2) is 24.3 Å². The highest BCUT2D eigenvalue weighted by Gasteiger charge is 2.24. The van der Waals surface area contributed by atoms with Gasteiger partial charge in [0.05, 0.1) is 0 Å². The number of nitrogens with zero attached hydrogens (tertiary/aromatic N) is 4. The van der Waals surface area contributed by atoms with Gasteiger partial charge in [-0.05, 0) is 38.1 Å². The molecule has 1 atom stereocenters. The molecule has 27 heavy (non-hydrogen) atoms. The fourth-order valence-corrected chi connectivity index (χ4v) is 3.32. The summed E-state index contributed by atoms with van der Waals surface area (Å²) in [4.78, 5) is 28.3. The first-order chi connectivity index (χ1) is 12.9. The summed E-state index contributed by atoms with van der Waals surface area (Å²) >= 11 is 1.27. The van der Waals surface area contributed by atoms with Crippen molar-refractivity contribution in [3.63, 3.8) is 0 Å². The van der Waals surface area contributed by atoms with E-state index in [9.17, 15) is 14.0 Å². The van der Waals surface area contributed by atoms with Gasteiger partial charge in [0.1, 0.15) is 16.9 Å². The number of rotatable bonds is 4. The Hall–Kier alpha value is -2.75. The zero-order valence-electron chi connectivity index (χ0n) is 15.1. The van der Waals surface area contributed by atoms with Gasteiger partial charge in [0.15, 0.2) is 0 Å². The van der Waals surface area contributed by atoms with Crippen molar-refractivity contribution in [3.05, 3.63) is 35.1 Å². The molecular weight excluding hydrogens is 371 g/mol. The van der Waals surface area contributed by atoms with E-state index in [4.69, 9.17) is 0 Å². The van der Waals surface area contributed by atoms with Crippen LogP contribution in [0.2, 0.25) is 0 Å². The van der Waals surface area contributed by atoms with Crippen LogP contribution in [0, 0.1) is 12.7 Å². The van der Waals surface area contributed by atoms with E-state index in [-0.39, 0.29) is 17.8 Å². The molecule has 1 aliphatic heterocycles. The van der Waals surface area contributed by atoms with Crippen LogP contribution < -0.4 is 15.5 Å². The van der Waals surface area contributed by atoms with Crippen LogP contribution in [0.1, 0.15) is 11.9 Å². The molecule has 3 amide bonds. The second-order valence-electron chi connectivity index (χ2n) is 6.24. The lowest BCUT2D eigenvalue weighted by Gasteiger charge is -2.36. The zero-order chi connectivity index (χ0) is 19.4. The molecule has 8 nitrogen and oxygen atoms in total. The largest absolute Gasteiger partial charge is 0.368 e. The number of piperazine rings is 1. The van der Waals surface area contributed by atoms with E-state index in [1.165, 1.54) is 23.5 Å². The summed E-state index contributed by atoms with van der Waals surface area (Å²) in [6.45, 7) is 5.74. The monoisotopic (exact) mass is 392 g/mol. The van der Waals surface area contributed by atoms with E-state index in [1.54, 1.807) is 30.9 Å². The molecule has 0 spiro atoms. The second kappa shape index (κ2) is 8.30. The molecule has 0 aliphatic carbocycles. The maximum Gasteiger partial charge on any atom is 0.318 e. The molecule has 1 aromatic carbocycles. The summed E-state index contributed by atoms with van der Waals surface area (Å²) in [5.74, 6) is -0.614. The Kier molecular flexibility index (Phi) is 5.84. The lowest BCUT2D eigenvalue weighted by Crippen LogP contribution is -2.54. The Morgan fingerprint density at radius 1 is 1.15 bits per heavy atom. The summed E-state index contributed by atoms with van der Waals surface area (Å²) in [6.07, 6.45) is 0. The first-order valence-electron chi connectivity index (χ1n) is 8.59. The summed E-state index contributed by atoms with van der Waals surface area (Å²) in [6, 6.07) is 5.32. The van der Waals surface area contributed by atoms with Crippen LogP contribution in [-0.4, -0.2) is 59.3 Å². The molecule has 10 heteroatoms. The topological polar surface area (TPSA) is 90.5 Å². The number of carbonyl (C=O) groups excluding carboxylic acids is 2. The molecule has 2 aromatic rings. The minimum absolute atomic E-state index is 0.271. The van der Waals surface area contributed by atoms with Gasteiger partial charge in [-0.25, -0.2) is 9.18 Å². The minimum Gasteiger partial charge on any atom is -0.368 e. The molecule has 0 bridgehead atoms. The average molecular weight is 392 g/mol. The number of benzene rings is 1. The first kappa shape index (κ1) is 19.0. The van der Waals surface area contributed by atoms with E-state index >= 15 is 0 Å². The molecule has 2 N–H and O–H groups in total. The van der Waals surface area contributed by atoms with Gasteiger partial charge in [-0.3, -0.25) is 10.1 Å². The number of aryl methyl sites for hydroxylation is 1. The highest BCUT2D eigenvalue weighted by Crippen LogP contribution is 2.17. The molecule has 1 fully saturated rings. The fourth-order valence-electron chi connectivity index (χ4n) is 2.72. The summed E-state index contributed by atoms with van der Waals surface area (Å²) in [7, 11) is 0. The highest BCUT2D eigenvalue weighted by molar-refractivity contribution is 7.15. The summed E-state index contributed by atoms with van der Waals surface area (Å²) in [5, 5.41) is 14.2. The molecule has 2 heterocycles. The molecule has 1 saturated heterocycles. The van der Waals surface area contributed by atoms with E-state index in [0.717, 1.165) is 10.7 Å². The average Bonchev–Trinajstić information content (AvgIpc) is 3.07. The SMILES string of the molecule is Cc1nnc(NC(=O)[C@@H](C)NC(=O)N2CCN(c3ccc(F)cc3)CC2)s1. The van der Waals surface area contributed by atoms with Gasteiger partial charge in [0, 0.05) is 31.9 Å². The van der Waals surface area contributed by atoms with Crippen LogP contribution >= 0.6 is 11.3 Å². The van der Waals surface area contributed by atoms with Gasteiger partial charge in [-0.15, -0.1) is 10.2 Å². The van der Waals surface area contributed by atoms with E-state index in [1.807, 2.05) is 0 Å².